The van der Waals surface area contributed by atoms with Gasteiger partial charge in [0.25, 0.3) is 5.91 Å². The lowest BCUT2D eigenvalue weighted by molar-refractivity contribution is -0.385. The molecule has 0 aliphatic carbocycles. The van der Waals surface area contributed by atoms with E-state index in [4.69, 9.17) is 27.9 Å². The second kappa shape index (κ2) is 7.28. The maximum absolute atomic E-state index is 12.0. The fourth-order valence-electron chi connectivity index (χ4n) is 1.88. The SMILES string of the molecule is COc1c(Cl)cc(Cl)cc1/C=N/NC(=O)c1nn(C)cc1[N+](=O)[O-]. The largest absolute Gasteiger partial charge is 0.495 e. The molecule has 0 aliphatic heterocycles. The van der Waals surface area contributed by atoms with Crippen molar-refractivity contribution in [3.8, 4) is 5.75 Å². The number of carbonyl (C=O) groups excluding carboxylic acids is 1. The van der Waals surface area contributed by atoms with Crippen molar-refractivity contribution in [2.45, 2.75) is 0 Å². The van der Waals surface area contributed by atoms with Crippen LogP contribution in [0.5, 0.6) is 5.75 Å². The van der Waals surface area contributed by atoms with E-state index in [1.54, 1.807) is 0 Å². The third-order valence-corrected chi connectivity index (χ3v) is 3.33. The Kier molecular flexibility index (Phi) is 5.37. The Hall–Kier alpha value is -2.65. The first-order valence-corrected chi connectivity index (χ1v) is 7.13. The summed E-state index contributed by atoms with van der Waals surface area (Å²) < 4.78 is 6.29. The minimum absolute atomic E-state index is 0.276. The molecule has 11 heteroatoms. The average molecular weight is 372 g/mol. The molecular formula is C13H11Cl2N5O4. The van der Waals surface area contributed by atoms with E-state index in [2.05, 4.69) is 15.6 Å². The Bertz CT molecular complexity index is 834. The molecule has 0 bridgehead atoms. The van der Waals surface area contributed by atoms with Crippen LogP contribution in [0.4, 0.5) is 5.69 Å². The Balaban J connectivity index is 2.21. The van der Waals surface area contributed by atoms with Crippen molar-refractivity contribution < 1.29 is 14.5 Å². The molecule has 1 amide bonds. The molecule has 0 saturated carbocycles. The lowest BCUT2D eigenvalue weighted by atomic mass is 10.2. The number of nitrogens with one attached hydrogen (secondary N) is 1. The molecule has 0 aliphatic rings. The number of halogens is 2. The van der Waals surface area contributed by atoms with Crippen LogP contribution in [-0.2, 0) is 7.05 Å². The molecule has 0 saturated heterocycles. The zero-order valence-corrected chi connectivity index (χ0v) is 14.0. The van der Waals surface area contributed by atoms with Crippen LogP contribution in [0.1, 0.15) is 16.1 Å². The van der Waals surface area contributed by atoms with E-state index in [9.17, 15) is 14.9 Å². The summed E-state index contributed by atoms with van der Waals surface area (Å²) >= 11 is 11.9. The van der Waals surface area contributed by atoms with E-state index in [-0.39, 0.29) is 10.7 Å². The van der Waals surface area contributed by atoms with Gasteiger partial charge in [-0.15, -0.1) is 0 Å². The van der Waals surface area contributed by atoms with Crippen molar-refractivity contribution in [3.63, 3.8) is 0 Å². The first-order chi connectivity index (χ1) is 11.3. The van der Waals surface area contributed by atoms with Crippen LogP contribution in [-0.4, -0.2) is 33.9 Å². The van der Waals surface area contributed by atoms with Gasteiger partial charge in [0.2, 0.25) is 5.69 Å². The minimum atomic E-state index is -0.828. The summed E-state index contributed by atoms with van der Waals surface area (Å²) in [7, 11) is 2.88. The highest BCUT2D eigenvalue weighted by Crippen LogP contribution is 2.31. The fraction of sp³-hybridized carbons (Fsp3) is 0.154. The van der Waals surface area contributed by atoms with Gasteiger partial charge in [-0.2, -0.15) is 10.2 Å². The van der Waals surface area contributed by atoms with Crippen molar-refractivity contribution >= 4 is 41.0 Å². The summed E-state index contributed by atoms with van der Waals surface area (Å²) in [6.07, 6.45) is 2.38. The lowest BCUT2D eigenvalue weighted by Gasteiger charge is -2.07. The summed E-state index contributed by atoms with van der Waals surface area (Å²) in [5.74, 6) is -0.506. The number of benzene rings is 1. The lowest BCUT2D eigenvalue weighted by Crippen LogP contribution is -2.19. The molecule has 0 atom stereocenters. The number of amides is 1. The number of aromatic nitrogens is 2. The smallest absolute Gasteiger partial charge is 0.320 e. The van der Waals surface area contributed by atoms with Crippen molar-refractivity contribution in [1.82, 2.24) is 15.2 Å². The predicted octanol–water partition coefficient (Wildman–Crippen LogP) is 2.41. The molecule has 1 heterocycles. The number of ether oxygens (including phenoxy) is 1. The molecule has 0 spiro atoms. The molecule has 2 rings (SSSR count). The van der Waals surface area contributed by atoms with Crippen LogP contribution >= 0.6 is 23.2 Å². The molecule has 0 unspecified atom stereocenters. The number of carbonyl (C=O) groups is 1. The Morgan fingerprint density at radius 1 is 1.50 bits per heavy atom. The van der Waals surface area contributed by atoms with Gasteiger partial charge in [0.1, 0.15) is 11.9 Å². The highest BCUT2D eigenvalue weighted by molar-refractivity contribution is 6.36. The van der Waals surface area contributed by atoms with Gasteiger partial charge in [0, 0.05) is 17.6 Å². The fourth-order valence-corrected chi connectivity index (χ4v) is 2.46. The Morgan fingerprint density at radius 2 is 2.21 bits per heavy atom. The van der Waals surface area contributed by atoms with Gasteiger partial charge in [-0.05, 0) is 12.1 Å². The number of hydrogen-bond acceptors (Lipinski definition) is 6. The van der Waals surface area contributed by atoms with Gasteiger partial charge in [-0.25, -0.2) is 5.43 Å². The Morgan fingerprint density at radius 3 is 2.83 bits per heavy atom. The molecule has 9 nitrogen and oxygen atoms in total. The molecule has 1 N–H and O–H groups in total. The quantitative estimate of drug-likeness (QED) is 0.492. The monoisotopic (exact) mass is 371 g/mol. The Labute approximate surface area is 146 Å². The van der Waals surface area contributed by atoms with E-state index in [1.165, 1.54) is 32.5 Å². The molecule has 126 valence electrons. The van der Waals surface area contributed by atoms with Gasteiger partial charge in [0.15, 0.2) is 0 Å². The summed E-state index contributed by atoms with van der Waals surface area (Å²) in [6.45, 7) is 0. The van der Waals surface area contributed by atoms with E-state index in [0.717, 1.165) is 10.9 Å². The number of aryl methyl sites for hydroxylation is 1. The van der Waals surface area contributed by atoms with Crippen molar-refractivity contribution in [3.05, 3.63) is 49.7 Å². The van der Waals surface area contributed by atoms with E-state index in [1.807, 2.05) is 0 Å². The summed E-state index contributed by atoms with van der Waals surface area (Å²) in [5.41, 5.74) is 1.80. The summed E-state index contributed by atoms with van der Waals surface area (Å²) in [6, 6.07) is 3.03. The van der Waals surface area contributed by atoms with Crippen molar-refractivity contribution in [2.24, 2.45) is 12.1 Å². The van der Waals surface area contributed by atoms with Crippen LogP contribution in [0.3, 0.4) is 0 Å². The third kappa shape index (κ3) is 3.81. The van der Waals surface area contributed by atoms with Gasteiger partial charge in [-0.1, -0.05) is 23.2 Å². The number of rotatable bonds is 5. The summed E-state index contributed by atoms with van der Waals surface area (Å²) in [4.78, 5) is 22.2. The maximum atomic E-state index is 12.0. The van der Waals surface area contributed by atoms with E-state index >= 15 is 0 Å². The predicted molar refractivity (Wildman–Crippen MR) is 87.9 cm³/mol. The molecule has 0 fully saturated rings. The highest BCUT2D eigenvalue weighted by Gasteiger charge is 2.24. The van der Waals surface area contributed by atoms with Crippen LogP contribution in [0.2, 0.25) is 10.0 Å². The van der Waals surface area contributed by atoms with Gasteiger partial charge in [-0.3, -0.25) is 19.6 Å². The first kappa shape index (κ1) is 17.7. The van der Waals surface area contributed by atoms with Crippen molar-refractivity contribution in [1.29, 1.82) is 0 Å². The normalized spacial score (nSPS) is 10.8. The number of hydrogen-bond donors (Lipinski definition) is 1. The van der Waals surface area contributed by atoms with Crippen LogP contribution in [0.25, 0.3) is 0 Å². The number of methoxy groups -OCH3 is 1. The molecule has 2 aromatic rings. The van der Waals surface area contributed by atoms with Gasteiger partial charge >= 0.3 is 5.69 Å². The standard InChI is InChI=1S/C13H11Cl2N5O4/c1-19-6-10(20(22)23)11(18-19)13(21)17-16-5-7-3-8(14)4-9(15)12(7)24-2/h3-6H,1-2H3,(H,17,21)/b16-5+. The molecular weight excluding hydrogens is 361 g/mol. The van der Waals surface area contributed by atoms with Crippen LogP contribution < -0.4 is 10.2 Å². The zero-order valence-electron chi connectivity index (χ0n) is 12.5. The second-order valence-corrected chi connectivity index (χ2v) is 5.35. The second-order valence-electron chi connectivity index (χ2n) is 4.50. The molecule has 1 aromatic heterocycles. The zero-order chi connectivity index (χ0) is 17.9. The van der Waals surface area contributed by atoms with Crippen LogP contribution in [0, 0.1) is 10.1 Å². The third-order valence-electron chi connectivity index (χ3n) is 2.83. The van der Waals surface area contributed by atoms with Gasteiger partial charge in [0.05, 0.1) is 23.3 Å². The topological polar surface area (TPSA) is 112 Å². The molecule has 1 aromatic carbocycles. The molecule has 24 heavy (non-hydrogen) atoms. The van der Waals surface area contributed by atoms with Crippen molar-refractivity contribution in [2.75, 3.05) is 7.11 Å². The number of nitrogens with zero attached hydrogens (tertiary/aromatic N) is 4. The maximum Gasteiger partial charge on any atom is 0.320 e. The van der Waals surface area contributed by atoms with Gasteiger partial charge < -0.3 is 4.74 Å². The average Bonchev–Trinajstić information content (AvgIpc) is 2.89. The highest BCUT2D eigenvalue weighted by atomic mass is 35.5. The van der Waals surface area contributed by atoms with E-state index < -0.39 is 16.5 Å². The summed E-state index contributed by atoms with van der Waals surface area (Å²) in [5, 5.41) is 19.0. The first-order valence-electron chi connectivity index (χ1n) is 6.38. The van der Waals surface area contributed by atoms with Crippen LogP contribution in [0.15, 0.2) is 23.4 Å². The van der Waals surface area contributed by atoms with E-state index in [0.29, 0.717) is 16.3 Å². The number of hydrazone groups is 1. The minimum Gasteiger partial charge on any atom is -0.495 e. The molecule has 0 radical (unpaired) electrons. The number of nitro groups is 1.